The molecule has 1 aliphatic heterocycles. The Morgan fingerprint density at radius 3 is 2.55 bits per heavy atom. The normalized spacial score (nSPS) is 14.7. The van der Waals surface area contributed by atoms with E-state index in [0.717, 1.165) is 17.6 Å². The summed E-state index contributed by atoms with van der Waals surface area (Å²) in [6, 6.07) is 7.44. The summed E-state index contributed by atoms with van der Waals surface area (Å²) >= 11 is 3.40. The van der Waals surface area contributed by atoms with E-state index in [2.05, 4.69) is 31.2 Å². The third kappa shape index (κ3) is 3.42. The molecule has 114 valence electrons. The van der Waals surface area contributed by atoms with Crippen LogP contribution in [0.2, 0.25) is 0 Å². The van der Waals surface area contributed by atoms with Crippen LogP contribution in [0.3, 0.4) is 0 Å². The Balaban J connectivity index is 1.69. The van der Waals surface area contributed by atoms with Crippen molar-refractivity contribution in [2.75, 3.05) is 36.5 Å². The minimum absolute atomic E-state index is 0.236. The fourth-order valence-corrected chi connectivity index (χ4v) is 2.51. The van der Waals surface area contributed by atoms with Gasteiger partial charge in [0.05, 0.1) is 24.5 Å². The van der Waals surface area contributed by atoms with Crippen LogP contribution in [-0.2, 0) is 4.74 Å². The lowest BCUT2D eigenvalue weighted by Crippen LogP contribution is -2.37. The topological polar surface area (TPSA) is 67.4 Å². The Kier molecular flexibility index (Phi) is 4.65. The van der Waals surface area contributed by atoms with Gasteiger partial charge in [0.25, 0.3) is 5.91 Å². The first-order valence-electron chi connectivity index (χ1n) is 6.94. The molecule has 0 saturated carbocycles. The molecule has 3 rings (SSSR count). The summed E-state index contributed by atoms with van der Waals surface area (Å²) < 4.78 is 6.12. The van der Waals surface area contributed by atoms with E-state index in [4.69, 9.17) is 4.74 Å². The van der Waals surface area contributed by atoms with Gasteiger partial charge < -0.3 is 15.0 Å². The van der Waals surface area contributed by atoms with Gasteiger partial charge in [0, 0.05) is 30.0 Å². The lowest BCUT2D eigenvalue weighted by molar-refractivity contribution is 0.102. The van der Waals surface area contributed by atoms with Crippen molar-refractivity contribution in [2.24, 2.45) is 0 Å². The van der Waals surface area contributed by atoms with Gasteiger partial charge in [-0.1, -0.05) is 12.1 Å². The zero-order chi connectivity index (χ0) is 15.4. The molecular formula is C15H15BrN4O2. The molecule has 1 aromatic heterocycles. The van der Waals surface area contributed by atoms with Crippen molar-refractivity contribution in [3.05, 3.63) is 46.7 Å². The van der Waals surface area contributed by atoms with Crippen LogP contribution in [0.15, 0.2) is 41.1 Å². The molecule has 1 aromatic carbocycles. The van der Waals surface area contributed by atoms with Crippen molar-refractivity contribution in [3.63, 3.8) is 0 Å². The monoisotopic (exact) mass is 362 g/mol. The number of rotatable bonds is 3. The second kappa shape index (κ2) is 6.85. The zero-order valence-electron chi connectivity index (χ0n) is 11.8. The highest BCUT2D eigenvalue weighted by Gasteiger charge is 2.15. The molecule has 0 bridgehead atoms. The van der Waals surface area contributed by atoms with E-state index < -0.39 is 0 Å². The third-order valence-corrected chi connectivity index (χ3v) is 4.01. The molecule has 22 heavy (non-hydrogen) atoms. The quantitative estimate of drug-likeness (QED) is 0.907. The van der Waals surface area contributed by atoms with E-state index in [-0.39, 0.29) is 5.91 Å². The standard InChI is InChI=1S/C15H15BrN4O2/c16-12-3-1-2-4-13(12)19-14(21)11-9-17-15(18-10-11)20-5-7-22-8-6-20/h1-4,9-10H,5-8H2,(H,19,21). The number of aromatic nitrogens is 2. The van der Waals surface area contributed by atoms with Crippen molar-refractivity contribution in [1.29, 1.82) is 0 Å². The van der Waals surface area contributed by atoms with Crippen molar-refractivity contribution in [1.82, 2.24) is 9.97 Å². The minimum atomic E-state index is -0.236. The van der Waals surface area contributed by atoms with Gasteiger partial charge in [-0.3, -0.25) is 4.79 Å². The highest BCUT2D eigenvalue weighted by Crippen LogP contribution is 2.21. The molecule has 2 heterocycles. The number of ether oxygens (including phenoxy) is 1. The van der Waals surface area contributed by atoms with E-state index in [1.807, 2.05) is 29.2 Å². The number of nitrogens with zero attached hydrogens (tertiary/aromatic N) is 3. The first kappa shape index (κ1) is 14.9. The van der Waals surface area contributed by atoms with Gasteiger partial charge in [-0.15, -0.1) is 0 Å². The molecule has 6 nitrogen and oxygen atoms in total. The van der Waals surface area contributed by atoms with E-state index >= 15 is 0 Å². The number of benzene rings is 1. The molecular weight excluding hydrogens is 348 g/mol. The van der Waals surface area contributed by atoms with Crippen molar-refractivity contribution in [2.45, 2.75) is 0 Å². The Morgan fingerprint density at radius 2 is 1.86 bits per heavy atom. The third-order valence-electron chi connectivity index (χ3n) is 3.32. The first-order chi connectivity index (χ1) is 10.7. The van der Waals surface area contributed by atoms with Crippen LogP contribution in [0.25, 0.3) is 0 Å². The molecule has 0 radical (unpaired) electrons. The van der Waals surface area contributed by atoms with Crippen molar-refractivity contribution in [3.8, 4) is 0 Å². The Morgan fingerprint density at radius 1 is 1.18 bits per heavy atom. The maximum absolute atomic E-state index is 12.2. The summed E-state index contributed by atoms with van der Waals surface area (Å²) in [6.45, 7) is 2.88. The van der Waals surface area contributed by atoms with Gasteiger partial charge in [-0.25, -0.2) is 9.97 Å². The Hall–Kier alpha value is -1.99. The molecule has 1 amide bonds. The molecule has 0 spiro atoms. The lowest BCUT2D eigenvalue weighted by Gasteiger charge is -2.26. The molecule has 0 aliphatic carbocycles. The maximum Gasteiger partial charge on any atom is 0.258 e. The van der Waals surface area contributed by atoms with Gasteiger partial charge in [-0.2, -0.15) is 0 Å². The zero-order valence-corrected chi connectivity index (χ0v) is 13.4. The average Bonchev–Trinajstić information content (AvgIpc) is 2.58. The second-order valence-corrected chi connectivity index (χ2v) is 5.66. The number of morpholine rings is 1. The van der Waals surface area contributed by atoms with E-state index in [1.165, 1.54) is 0 Å². The molecule has 2 aromatic rings. The first-order valence-corrected chi connectivity index (χ1v) is 7.74. The summed E-state index contributed by atoms with van der Waals surface area (Å²) in [7, 11) is 0. The highest BCUT2D eigenvalue weighted by molar-refractivity contribution is 9.10. The van der Waals surface area contributed by atoms with Crippen LogP contribution >= 0.6 is 15.9 Å². The maximum atomic E-state index is 12.2. The molecule has 0 atom stereocenters. The number of hydrogen-bond acceptors (Lipinski definition) is 5. The molecule has 1 aliphatic rings. The molecule has 7 heteroatoms. The predicted molar refractivity (Wildman–Crippen MR) is 87.2 cm³/mol. The number of carbonyl (C=O) groups excluding carboxylic acids is 1. The largest absolute Gasteiger partial charge is 0.378 e. The fourth-order valence-electron chi connectivity index (χ4n) is 2.12. The lowest BCUT2D eigenvalue weighted by atomic mass is 10.3. The van der Waals surface area contributed by atoms with Gasteiger partial charge in [-0.05, 0) is 28.1 Å². The number of amides is 1. The van der Waals surface area contributed by atoms with Crippen molar-refractivity contribution >= 4 is 33.5 Å². The molecule has 0 unspecified atom stereocenters. The number of para-hydroxylation sites is 1. The van der Waals surface area contributed by atoms with Crippen LogP contribution in [-0.4, -0.2) is 42.2 Å². The molecule has 1 fully saturated rings. The second-order valence-electron chi connectivity index (χ2n) is 4.81. The molecule has 1 N–H and O–H groups in total. The van der Waals surface area contributed by atoms with E-state index in [1.54, 1.807) is 12.4 Å². The number of nitrogens with one attached hydrogen (secondary N) is 1. The van der Waals surface area contributed by atoms with Crippen LogP contribution in [0, 0.1) is 0 Å². The van der Waals surface area contributed by atoms with Crippen molar-refractivity contribution < 1.29 is 9.53 Å². The fraction of sp³-hybridized carbons (Fsp3) is 0.267. The summed E-state index contributed by atoms with van der Waals surface area (Å²) in [5.74, 6) is 0.390. The summed E-state index contributed by atoms with van der Waals surface area (Å²) in [4.78, 5) is 22.8. The smallest absolute Gasteiger partial charge is 0.258 e. The van der Waals surface area contributed by atoms with Gasteiger partial charge in [0.15, 0.2) is 0 Å². The average molecular weight is 363 g/mol. The van der Waals surface area contributed by atoms with Gasteiger partial charge in [0.2, 0.25) is 5.95 Å². The number of halogens is 1. The van der Waals surface area contributed by atoms with Crippen LogP contribution in [0.4, 0.5) is 11.6 Å². The SMILES string of the molecule is O=C(Nc1ccccc1Br)c1cnc(N2CCOCC2)nc1. The number of anilines is 2. The number of hydrogen-bond donors (Lipinski definition) is 1. The van der Waals surface area contributed by atoms with E-state index in [9.17, 15) is 4.79 Å². The van der Waals surface area contributed by atoms with Crippen LogP contribution in [0.5, 0.6) is 0 Å². The minimum Gasteiger partial charge on any atom is -0.378 e. The van der Waals surface area contributed by atoms with E-state index in [0.29, 0.717) is 30.4 Å². The summed E-state index contributed by atoms with van der Waals surface area (Å²) in [5, 5.41) is 2.83. The van der Waals surface area contributed by atoms with Gasteiger partial charge >= 0.3 is 0 Å². The van der Waals surface area contributed by atoms with Gasteiger partial charge in [0.1, 0.15) is 0 Å². The predicted octanol–water partition coefficient (Wildman–Crippen LogP) is 2.33. The highest BCUT2D eigenvalue weighted by atomic mass is 79.9. The summed E-state index contributed by atoms with van der Waals surface area (Å²) in [5.41, 5.74) is 1.14. The summed E-state index contributed by atoms with van der Waals surface area (Å²) in [6.07, 6.45) is 3.09. The van der Waals surface area contributed by atoms with Crippen LogP contribution < -0.4 is 10.2 Å². The Bertz CT molecular complexity index is 657. The molecule has 1 saturated heterocycles. The Labute approximate surface area is 136 Å². The van der Waals surface area contributed by atoms with Crippen LogP contribution in [0.1, 0.15) is 10.4 Å². The number of carbonyl (C=O) groups is 1.